The minimum atomic E-state index is -3.71. The van der Waals surface area contributed by atoms with Crippen molar-refractivity contribution in [3.63, 3.8) is 0 Å². The molecule has 0 aliphatic carbocycles. The molecule has 0 spiro atoms. The second-order valence-corrected chi connectivity index (χ2v) is 10.1. The van der Waals surface area contributed by atoms with Crippen molar-refractivity contribution in [2.24, 2.45) is 0 Å². The summed E-state index contributed by atoms with van der Waals surface area (Å²) in [6, 6.07) is 22.1. The predicted molar refractivity (Wildman–Crippen MR) is 128 cm³/mol. The molecule has 1 fully saturated rings. The number of rotatable bonds is 6. The Morgan fingerprint density at radius 2 is 1.58 bits per heavy atom. The maximum absolute atomic E-state index is 13.3. The average Bonchev–Trinajstić information content (AvgIpc) is 2.84. The number of amides is 1. The van der Waals surface area contributed by atoms with Gasteiger partial charge in [0.1, 0.15) is 0 Å². The van der Waals surface area contributed by atoms with Gasteiger partial charge in [-0.1, -0.05) is 60.7 Å². The summed E-state index contributed by atoms with van der Waals surface area (Å²) >= 11 is 0. The molecule has 172 valence electrons. The van der Waals surface area contributed by atoms with Gasteiger partial charge in [-0.2, -0.15) is 4.31 Å². The zero-order chi connectivity index (χ0) is 23.4. The first-order chi connectivity index (χ1) is 15.9. The van der Waals surface area contributed by atoms with Crippen LogP contribution in [0.5, 0.6) is 0 Å². The van der Waals surface area contributed by atoms with Crippen LogP contribution in [0.4, 0.5) is 0 Å². The molecule has 1 N–H and O–H groups in total. The molecular formula is C26H28N2O4S. The zero-order valence-corrected chi connectivity index (χ0v) is 19.6. The number of ether oxygens (including phenoxy) is 1. The molecule has 6 nitrogen and oxygen atoms in total. The predicted octanol–water partition coefficient (Wildman–Crippen LogP) is 3.84. The molecular weight excluding hydrogens is 436 g/mol. The SMILES string of the molecule is Cc1ccccc1C(NC(=O)c1ccc(C)c(S(=O)(=O)N2CCOCC2)c1)c1ccccc1. The van der Waals surface area contributed by atoms with Crippen molar-refractivity contribution in [1.29, 1.82) is 0 Å². The molecule has 3 aromatic carbocycles. The third kappa shape index (κ3) is 5.00. The lowest BCUT2D eigenvalue weighted by molar-refractivity contribution is 0.0730. The van der Waals surface area contributed by atoms with Crippen LogP contribution in [-0.4, -0.2) is 44.9 Å². The Labute approximate surface area is 195 Å². The largest absolute Gasteiger partial charge is 0.379 e. The van der Waals surface area contributed by atoms with E-state index in [-0.39, 0.29) is 16.8 Å². The number of hydrogen-bond acceptors (Lipinski definition) is 4. The Morgan fingerprint density at radius 3 is 2.27 bits per heavy atom. The van der Waals surface area contributed by atoms with Crippen LogP contribution in [0.25, 0.3) is 0 Å². The summed E-state index contributed by atoms with van der Waals surface area (Å²) in [6.07, 6.45) is 0. The molecule has 0 saturated carbocycles. The topological polar surface area (TPSA) is 75.7 Å². The standard InChI is InChI=1S/C26H28N2O4S/c1-19-8-6-7-11-23(19)25(21-9-4-3-5-10-21)27-26(29)22-13-12-20(2)24(18-22)33(30,31)28-14-16-32-17-15-28/h3-13,18,25H,14-17H2,1-2H3,(H,27,29). The normalized spacial score (nSPS) is 15.7. The monoisotopic (exact) mass is 464 g/mol. The van der Waals surface area contributed by atoms with Gasteiger partial charge >= 0.3 is 0 Å². The highest BCUT2D eigenvalue weighted by Gasteiger charge is 2.29. The van der Waals surface area contributed by atoms with E-state index in [2.05, 4.69) is 5.32 Å². The second-order valence-electron chi connectivity index (χ2n) is 8.17. The third-order valence-electron chi connectivity index (χ3n) is 5.95. The van der Waals surface area contributed by atoms with E-state index in [0.29, 0.717) is 37.4 Å². The highest BCUT2D eigenvalue weighted by atomic mass is 32.2. The smallest absolute Gasteiger partial charge is 0.252 e. The molecule has 1 amide bonds. The van der Waals surface area contributed by atoms with E-state index in [9.17, 15) is 13.2 Å². The maximum atomic E-state index is 13.3. The Hall–Kier alpha value is -3.00. The van der Waals surface area contributed by atoms with Crippen LogP contribution in [0.1, 0.15) is 38.7 Å². The van der Waals surface area contributed by atoms with Crippen LogP contribution < -0.4 is 5.32 Å². The maximum Gasteiger partial charge on any atom is 0.252 e. The highest BCUT2D eigenvalue weighted by Crippen LogP contribution is 2.27. The van der Waals surface area contributed by atoms with Gasteiger partial charge in [0.2, 0.25) is 10.0 Å². The van der Waals surface area contributed by atoms with Crippen LogP contribution in [0.3, 0.4) is 0 Å². The molecule has 3 aromatic rings. The minimum absolute atomic E-state index is 0.157. The number of aryl methyl sites for hydroxylation is 2. The Morgan fingerprint density at radius 1 is 0.909 bits per heavy atom. The second kappa shape index (κ2) is 9.87. The van der Waals surface area contributed by atoms with Crippen molar-refractivity contribution in [2.75, 3.05) is 26.3 Å². The van der Waals surface area contributed by atoms with Gasteiger partial charge in [-0.3, -0.25) is 4.79 Å². The van der Waals surface area contributed by atoms with Crippen molar-refractivity contribution >= 4 is 15.9 Å². The van der Waals surface area contributed by atoms with Gasteiger partial charge < -0.3 is 10.1 Å². The van der Waals surface area contributed by atoms with E-state index in [4.69, 9.17) is 4.74 Å². The Balaban J connectivity index is 1.67. The number of carbonyl (C=O) groups excluding carboxylic acids is 1. The highest BCUT2D eigenvalue weighted by molar-refractivity contribution is 7.89. The molecule has 1 heterocycles. The van der Waals surface area contributed by atoms with Gasteiger partial charge in [0.05, 0.1) is 24.2 Å². The first-order valence-corrected chi connectivity index (χ1v) is 12.4. The molecule has 1 aliphatic heterocycles. The van der Waals surface area contributed by atoms with E-state index < -0.39 is 10.0 Å². The van der Waals surface area contributed by atoms with Crippen LogP contribution in [0.2, 0.25) is 0 Å². The number of morpholine rings is 1. The summed E-state index contributed by atoms with van der Waals surface area (Å²) in [5, 5.41) is 3.12. The summed E-state index contributed by atoms with van der Waals surface area (Å²) in [7, 11) is -3.71. The van der Waals surface area contributed by atoms with Gasteiger partial charge in [-0.05, 0) is 48.2 Å². The molecule has 4 rings (SSSR count). The molecule has 0 bridgehead atoms. The third-order valence-corrected chi connectivity index (χ3v) is 7.99. The lowest BCUT2D eigenvalue weighted by Crippen LogP contribution is -2.41. The number of hydrogen-bond donors (Lipinski definition) is 1. The molecule has 1 atom stereocenters. The van der Waals surface area contributed by atoms with Gasteiger partial charge in [0.25, 0.3) is 5.91 Å². The summed E-state index contributed by atoms with van der Waals surface area (Å²) in [5.74, 6) is -0.328. The number of benzene rings is 3. The molecule has 33 heavy (non-hydrogen) atoms. The lowest BCUT2D eigenvalue weighted by atomic mass is 9.94. The van der Waals surface area contributed by atoms with Crippen molar-refractivity contribution in [3.05, 3.63) is 101 Å². The fraction of sp³-hybridized carbons (Fsp3) is 0.269. The quantitative estimate of drug-likeness (QED) is 0.601. The number of carbonyl (C=O) groups is 1. The van der Waals surface area contributed by atoms with Gasteiger partial charge in [-0.15, -0.1) is 0 Å². The van der Waals surface area contributed by atoms with Gasteiger partial charge in [-0.25, -0.2) is 8.42 Å². The van der Waals surface area contributed by atoms with Crippen molar-refractivity contribution in [3.8, 4) is 0 Å². The van der Waals surface area contributed by atoms with Crippen LogP contribution in [0, 0.1) is 13.8 Å². The van der Waals surface area contributed by atoms with E-state index in [1.54, 1.807) is 19.1 Å². The zero-order valence-electron chi connectivity index (χ0n) is 18.8. The molecule has 7 heteroatoms. The summed E-state index contributed by atoms with van der Waals surface area (Å²) in [5.41, 5.74) is 3.92. The Kier molecular flexibility index (Phi) is 6.93. The molecule has 1 aliphatic rings. The fourth-order valence-corrected chi connectivity index (χ4v) is 5.72. The van der Waals surface area contributed by atoms with Crippen LogP contribution >= 0.6 is 0 Å². The summed E-state index contributed by atoms with van der Waals surface area (Å²) in [6.45, 7) is 5.11. The molecule has 0 radical (unpaired) electrons. The summed E-state index contributed by atoms with van der Waals surface area (Å²) in [4.78, 5) is 13.5. The van der Waals surface area contributed by atoms with E-state index in [1.807, 2.05) is 61.5 Å². The minimum Gasteiger partial charge on any atom is -0.379 e. The van der Waals surface area contributed by atoms with Gasteiger partial charge in [0, 0.05) is 18.7 Å². The van der Waals surface area contributed by atoms with Crippen molar-refractivity contribution in [2.45, 2.75) is 24.8 Å². The number of nitrogens with zero attached hydrogens (tertiary/aromatic N) is 1. The number of sulfonamides is 1. The van der Waals surface area contributed by atoms with E-state index in [1.165, 1.54) is 10.4 Å². The van der Waals surface area contributed by atoms with Crippen molar-refractivity contribution < 1.29 is 17.9 Å². The lowest BCUT2D eigenvalue weighted by Gasteiger charge is -2.27. The van der Waals surface area contributed by atoms with Crippen LogP contribution in [0.15, 0.2) is 77.7 Å². The fourth-order valence-electron chi connectivity index (χ4n) is 4.06. The number of nitrogens with one attached hydrogen (secondary N) is 1. The molecule has 1 saturated heterocycles. The molecule has 0 aromatic heterocycles. The average molecular weight is 465 g/mol. The molecule has 1 unspecified atom stereocenters. The first-order valence-electron chi connectivity index (χ1n) is 11.0. The van der Waals surface area contributed by atoms with Crippen LogP contribution in [-0.2, 0) is 14.8 Å². The first kappa shape index (κ1) is 23.2. The van der Waals surface area contributed by atoms with E-state index in [0.717, 1.165) is 16.7 Å². The van der Waals surface area contributed by atoms with Crippen molar-refractivity contribution in [1.82, 2.24) is 9.62 Å². The Bertz CT molecular complexity index is 1240. The van der Waals surface area contributed by atoms with Gasteiger partial charge in [0.15, 0.2) is 0 Å². The van der Waals surface area contributed by atoms with E-state index >= 15 is 0 Å². The summed E-state index contributed by atoms with van der Waals surface area (Å²) < 4.78 is 33.2.